The van der Waals surface area contributed by atoms with E-state index in [2.05, 4.69) is 16.0 Å². The van der Waals surface area contributed by atoms with E-state index < -0.39 is 0 Å². The lowest BCUT2D eigenvalue weighted by Gasteiger charge is -2.19. The highest BCUT2D eigenvalue weighted by Gasteiger charge is 2.26. The number of hydrogen-bond acceptors (Lipinski definition) is 4. The van der Waals surface area contributed by atoms with Crippen molar-refractivity contribution in [3.8, 4) is 11.4 Å². The number of aromatic nitrogens is 3. The second-order valence-corrected chi connectivity index (χ2v) is 5.33. The van der Waals surface area contributed by atoms with Gasteiger partial charge in [0, 0.05) is 28.7 Å². The lowest BCUT2D eigenvalue weighted by molar-refractivity contribution is 1.22. The van der Waals surface area contributed by atoms with E-state index in [0.717, 1.165) is 38.6 Å². The molecular formula is C18H10N4. The molecular weight excluding hydrogens is 272 g/mol. The van der Waals surface area contributed by atoms with Crippen LogP contribution in [0.25, 0.3) is 33.1 Å². The van der Waals surface area contributed by atoms with E-state index in [4.69, 9.17) is 10.4 Å². The van der Waals surface area contributed by atoms with Crippen molar-refractivity contribution in [1.82, 2.24) is 15.0 Å². The Morgan fingerprint density at radius 3 is 2.55 bits per heavy atom. The average Bonchev–Trinajstić information content (AvgIpc) is 2.59. The van der Waals surface area contributed by atoms with Crippen molar-refractivity contribution in [3.05, 3.63) is 66.1 Å². The van der Waals surface area contributed by atoms with Gasteiger partial charge in [-0.2, -0.15) is 0 Å². The van der Waals surface area contributed by atoms with E-state index >= 15 is 0 Å². The quantitative estimate of drug-likeness (QED) is 0.442. The van der Waals surface area contributed by atoms with E-state index in [-0.39, 0.29) is 0 Å². The van der Waals surface area contributed by atoms with Crippen molar-refractivity contribution < 1.29 is 0 Å². The zero-order chi connectivity index (χ0) is 14.7. The van der Waals surface area contributed by atoms with Crippen molar-refractivity contribution in [3.63, 3.8) is 0 Å². The molecule has 5 rings (SSSR count). The van der Waals surface area contributed by atoms with Crippen LogP contribution in [-0.2, 0) is 0 Å². The van der Waals surface area contributed by atoms with Crippen molar-refractivity contribution in [2.75, 3.05) is 0 Å². The molecule has 0 bridgehead atoms. The maximum absolute atomic E-state index is 8.53. The highest BCUT2D eigenvalue weighted by Crippen LogP contribution is 2.38. The number of para-hydroxylation sites is 1. The number of nitrogens with zero attached hydrogens (tertiary/aromatic N) is 3. The third kappa shape index (κ3) is 1.31. The largest absolute Gasteiger partial charge is 0.298 e. The van der Waals surface area contributed by atoms with E-state index in [1.54, 1.807) is 12.4 Å². The van der Waals surface area contributed by atoms with Crippen LogP contribution in [0.2, 0.25) is 0 Å². The van der Waals surface area contributed by atoms with Crippen molar-refractivity contribution in [1.29, 1.82) is 5.41 Å². The molecule has 0 saturated carbocycles. The molecule has 0 spiro atoms. The zero-order valence-corrected chi connectivity index (χ0v) is 11.5. The number of benzene rings is 1. The molecule has 4 aromatic rings. The highest BCUT2D eigenvalue weighted by atomic mass is 14.8. The third-order valence-corrected chi connectivity index (χ3v) is 4.15. The molecule has 4 nitrogen and oxygen atoms in total. The Hall–Kier alpha value is -3.14. The minimum Gasteiger partial charge on any atom is -0.298 e. The second-order valence-electron chi connectivity index (χ2n) is 5.33. The summed E-state index contributed by atoms with van der Waals surface area (Å²) in [6.45, 7) is 0. The second kappa shape index (κ2) is 3.95. The van der Waals surface area contributed by atoms with Crippen LogP contribution in [0, 0.1) is 5.41 Å². The van der Waals surface area contributed by atoms with Crippen LogP contribution in [0.3, 0.4) is 0 Å². The fourth-order valence-corrected chi connectivity index (χ4v) is 3.18. The van der Waals surface area contributed by atoms with Gasteiger partial charge < -0.3 is 0 Å². The van der Waals surface area contributed by atoms with Gasteiger partial charge in [0.25, 0.3) is 0 Å². The first kappa shape index (κ1) is 11.5. The first-order valence-electron chi connectivity index (χ1n) is 7.07. The van der Waals surface area contributed by atoms with Crippen molar-refractivity contribution in [2.24, 2.45) is 0 Å². The normalized spacial score (nSPS) is 12.6. The lowest BCUT2D eigenvalue weighted by atomic mass is 9.90. The van der Waals surface area contributed by atoms with Gasteiger partial charge in [0.1, 0.15) is 0 Å². The summed E-state index contributed by atoms with van der Waals surface area (Å²) in [5, 5.41) is 11.6. The zero-order valence-electron chi connectivity index (χ0n) is 11.5. The van der Waals surface area contributed by atoms with Crippen LogP contribution in [0.4, 0.5) is 0 Å². The molecule has 3 heterocycles. The first-order chi connectivity index (χ1) is 10.8. The van der Waals surface area contributed by atoms with E-state index in [0.29, 0.717) is 11.4 Å². The van der Waals surface area contributed by atoms with Gasteiger partial charge in [-0.15, -0.1) is 0 Å². The maximum Gasteiger partial charge on any atom is 0.0994 e. The fraction of sp³-hybridized carbons (Fsp3) is 0. The van der Waals surface area contributed by atoms with Crippen LogP contribution in [0.5, 0.6) is 0 Å². The molecule has 0 unspecified atom stereocenters. The predicted molar refractivity (Wildman–Crippen MR) is 86.2 cm³/mol. The smallest absolute Gasteiger partial charge is 0.0994 e. The van der Waals surface area contributed by atoms with Gasteiger partial charge in [0.15, 0.2) is 0 Å². The standard InChI is InChI=1S/C18H10N4/c19-15-12-5-3-8-20-16(12)18-14-11(7-9-21-18)10-4-1-2-6-13(10)22-17(14)15/h1-9,19H. The molecule has 0 fully saturated rings. The Balaban J connectivity index is 2.09. The third-order valence-electron chi connectivity index (χ3n) is 4.15. The Kier molecular flexibility index (Phi) is 2.07. The van der Waals surface area contributed by atoms with Crippen LogP contribution >= 0.6 is 0 Å². The lowest BCUT2D eigenvalue weighted by Crippen LogP contribution is -2.14. The fourth-order valence-electron chi connectivity index (χ4n) is 3.18. The molecule has 0 amide bonds. The molecule has 102 valence electrons. The van der Waals surface area contributed by atoms with Crippen molar-refractivity contribution >= 4 is 27.4 Å². The Labute approximate surface area is 126 Å². The van der Waals surface area contributed by atoms with Gasteiger partial charge in [-0.25, -0.2) is 4.98 Å². The first-order valence-corrected chi connectivity index (χ1v) is 7.07. The molecule has 1 N–H and O–H groups in total. The minimum atomic E-state index is 0.416. The molecule has 1 aliphatic rings. The maximum atomic E-state index is 8.53. The summed E-state index contributed by atoms with van der Waals surface area (Å²) < 4.78 is 0. The summed E-state index contributed by atoms with van der Waals surface area (Å²) in [5.41, 5.74) is 4.38. The Morgan fingerprint density at radius 2 is 1.59 bits per heavy atom. The van der Waals surface area contributed by atoms with Crippen LogP contribution < -0.4 is 0 Å². The van der Waals surface area contributed by atoms with Crippen LogP contribution in [-0.4, -0.2) is 20.7 Å². The topological polar surface area (TPSA) is 62.5 Å². The summed E-state index contributed by atoms with van der Waals surface area (Å²) in [5.74, 6) is 0. The van der Waals surface area contributed by atoms with Gasteiger partial charge in [-0.1, -0.05) is 18.2 Å². The summed E-state index contributed by atoms with van der Waals surface area (Å²) in [4.78, 5) is 13.7. The number of nitrogens with one attached hydrogen (secondary N) is 1. The van der Waals surface area contributed by atoms with Gasteiger partial charge in [-0.3, -0.25) is 15.4 Å². The van der Waals surface area contributed by atoms with E-state index in [9.17, 15) is 0 Å². The molecule has 0 radical (unpaired) electrons. The molecule has 3 aromatic heterocycles. The number of rotatable bonds is 0. The van der Waals surface area contributed by atoms with E-state index in [1.807, 2.05) is 36.4 Å². The van der Waals surface area contributed by atoms with E-state index in [1.165, 1.54) is 0 Å². The van der Waals surface area contributed by atoms with Gasteiger partial charge in [-0.05, 0) is 29.7 Å². The Bertz CT molecular complexity index is 1100. The molecule has 0 saturated heterocycles. The van der Waals surface area contributed by atoms with Gasteiger partial charge >= 0.3 is 0 Å². The van der Waals surface area contributed by atoms with Crippen LogP contribution in [0.1, 0.15) is 11.3 Å². The predicted octanol–water partition coefficient (Wildman–Crippen LogP) is 3.57. The summed E-state index contributed by atoms with van der Waals surface area (Å²) >= 11 is 0. The molecule has 22 heavy (non-hydrogen) atoms. The molecule has 0 atom stereocenters. The molecule has 1 aromatic carbocycles. The molecule has 1 aliphatic carbocycles. The number of hydrogen-bond donors (Lipinski definition) is 1. The van der Waals surface area contributed by atoms with Crippen molar-refractivity contribution in [2.45, 2.75) is 0 Å². The highest BCUT2D eigenvalue weighted by molar-refractivity contribution is 6.27. The molecule has 0 aliphatic heterocycles. The minimum absolute atomic E-state index is 0.416. The van der Waals surface area contributed by atoms with Gasteiger partial charge in [0.2, 0.25) is 0 Å². The summed E-state index contributed by atoms with van der Waals surface area (Å²) in [6, 6.07) is 13.8. The van der Waals surface area contributed by atoms with Crippen LogP contribution in [0.15, 0.2) is 54.9 Å². The summed E-state index contributed by atoms with van der Waals surface area (Å²) in [6.07, 6.45) is 3.55. The monoisotopic (exact) mass is 282 g/mol. The summed E-state index contributed by atoms with van der Waals surface area (Å²) in [7, 11) is 0. The Morgan fingerprint density at radius 1 is 0.727 bits per heavy atom. The molecule has 4 heteroatoms. The average molecular weight is 282 g/mol. The van der Waals surface area contributed by atoms with Gasteiger partial charge in [0.05, 0.1) is 28.3 Å². The number of fused-ring (bicyclic) bond motifs is 4. The SMILES string of the molecule is N=C1c2cccnc2-c2nccc3c2c1nc1ccccc13. The number of pyridine rings is 3.